The van der Waals surface area contributed by atoms with E-state index in [4.69, 9.17) is 10.5 Å². The van der Waals surface area contributed by atoms with Crippen LogP contribution in [0.1, 0.15) is 29.2 Å². The second-order valence-corrected chi connectivity index (χ2v) is 7.20. The highest BCUT2D eigenvalue weighted by Gasteiger charge is 2.16. The predicted octanol–water partition coefficient (Wildman–Crippen LogP) is 6.38. The van der Waals surface area contributed by atoms with Gasteiger partial charge >= 0.3 is 0 Å². The predicted molar refractivity (Wildman–Crippen MR) is 125 cm³/mol. The van der Waals surface area contributed by atoms with E-state index in [1.807, 2.05) is 25.1 Å². The zero-order chi connectivity index (χ0) is 20.8. The van der Waals surface area contributed by atoms with Crippen LogP contribution in [-0.2, 0) is 0 Å². The summed E-state index contributed by atoms with van der Waals surface area (Å²) in [4.78, 5) is 0. The highest BCUT2D eigenvalue weighted by Crippen LogP contribution is 2.37. The average molecular weight is 392 g/mol. The van der Waals surface area contributed by atoms with Crippen LogP contribution >= 0.6 is 0 Å². The molecule has 0 aliphatic heterocycles. The Bertz CT molecular complexity index is 1060. The van der Waals surface area contributed by atoms with E-state index < -0.39 is 0 Å². The molecule has 2 nitrogen and oxygen atoms in total. The standard InChI is InChI=1S/C28H25NO/c1-21(29)30-26-19-17-25(18-20-26)28(24-15-9-4-10-16-24)27(22-11-5-2-6-12-22)23-13-7-3-8-14-23/h2-21H,29H2,1H3. The summed E-state index contributed by atoms with van der Waals surface area (Å²) < 4.78 is 5.65. The van der Waals surface area contributed by atoms with Crippen molar-refractivity contribution in [2.24, 2.45) is 5.73 Å². The molecule has 1 atom stereocenters. The third-order valence-electron chi connectivity index (χ3n) is 4.90. The number of rotatable bonds is 6. The van der Waals surface area contributed by atoms with Crippen LogP contribution in [0.15, 0.2) is 115 Å². The maximum atomic E-state index is 5.78. The van der Waals surface area contributed by atoms with Crippen molar-refractivity contribution in [1.82, 2.24) is 0 Å². The highest BCUT2D eigenvalue weighted by atomic mass is 16.5. The van der Waals surface area contributed by atoms with Crippen molar-refractivity contribution in [3.05, 3.63) is 138 Å². The molecular weight excluding hydrogens is 366 g/mol. The van der Waals surface area contributed by atoms with Crippen LogP contribution in [0.5, 0.6) is 5.75 Å². The minimum Gasteiger partial charge on any atom is -0.476 e. The first-order valence-electron chi connectivity index (χ1n) is 10.2. The zero-order valence-corrected chi connectivity index (χ0v) is 17.0. The first kappa shape index (κ1) is 19.7. The number of hydrogen-bond acceptors (Lipinski definition) is 2. The van der Waals surface area contributed by atoms with Gasteiger partial charge in [0.1, 0.15) is 12.0 Å². The van der Waals surface area contributed by atoms with Gasteiger partial charge in [-0.05, 0) is 52.5 Å². The first-order chi connectivity index (χ1) is 14.7. The Morgan fingerprint density at radius 3 is 1.20 bits per heavy atom. The van der Waals surface area contributed by atoms with Gasteiger partial charge in [0.05, 0.1) is 0 Å². The second kappa shape index (κ2) is 9.25. The molecule has 0 amide bonds. The number of hydrogen-bond donors (Lipinski definition) is 1. The van der Waals surface area contributed by atoms with Gasteiger partial charge in [0.15, 0.2) is 0 Å². The van der Waals surface area contributed by atoms with Crippen LogP contribution in [0, 0.1) is 0 Å². The molecule has 0 spiro atoms. The van der Waals surface area contributed by atoms with Gasteiger partial charge in [-0.15, -0.1) is 0 Å². The van der Waals surface area contributed by atoms with E-state index in [0.717, 1.165) is 11.3 Å². The molecule has 0 aromatic heterocycles. The summed E-state index contributed by atoms with van der Waals surface area (Å²) >= 11 is 0. The summed E-state index contributed by atoms with van der Waals surface area (Å²) in [6.07, 6.45) is -0.343. The highest BCUT2D eigenvalue weighted by molar-refractivity contribution is 6.04. The van der Waals surface area contributed by atoms with Crippen LogP contribution < -0.4 is 10.5 Å². The topological polar surface area (TPSA) is 35.2 Å². The molecule has 2 heteroatoms. The molecule has 0 heterocycles. The van der Waals surface area contributed by atoms with Gasteiger partial charge in [-0.3, -0.25) is 5.73 Å². The molecule has 0 radical (unpaired) electrons. The molecule has 4 aromatic rings. The number of ether oxygens (including phenoxy) is 1. The lowest BCUT2D eigenvalue weighted by atomic mass is 9.86. The number of nitrogens with two attached hydrogens (primary N) is 1. The Labute approximate surface area is 178 Å². The molecule has 4 rings (SSSR count). The van der Waals surface area contributed by atoms with Crippen molar-refractivity contribution < 1.29 is 4.74 Å². The smallest absolute Gasteiger partial charge is 0.144 e. The summed E-state index contributed by atoms with van der Waals surface area (Å²) in [5.41, 5.74) is 12.8. The lowest BCUT2D eigenvalue weighted by molar-refractivity contribution is 0.230. The Balaban J connectivity index is 1.98. The fourth-order valence-corrected chi connectivity index (χ4v) is 3.64. The summed E-state index contributed by atoms with van der Waals surface area (Å²) in [7, 11) is 0. The van der Waals surface area contributed by atoms with Crippen molar-refractivity contribution in [1.29, 1.82) is 0 Å². The second-order valence-electron chi connectivity index (χ2n) is 7.20. The molecule has 0 aliphatic rings. The van der Waals surface area contributed by atoms with Crippen molar-refractivity contribution >= 4 is 11.1 Å². The zero-order valence-electron chi connectivity index (χ0n) is 17.0. The lowest BCUT2D eigenvalue weighted by Crippen LogP contribution is -2.22. The molecule has 4 aromatic carbocycles. The third-order valence-corrected chi connectivity index (χ3v) is 4.90. The van der Waals surface area contributed by atoms with E-state index in [-0.39, 0.29) is 6.23 Å². The normalized spacial score (nSPS) is 11.5. The van der Waals surface area contributed by atoms with Crippen LogP contribution in [0.3, 0.4) is 0 Å². The van der Waals surface area contributed by atoms with Gasteiger partial charge in [0.2, 0.25) is 0 Å². The fourth-order valence-electron chi connectivity index (χ4n) is 3.64. The van der Waals surface area contributed by atoms with Crippen molar-refractivity contribution in [3.8, 4) is 5.75 Å². The van der Waals surface area contributed by atoms with Crippen LogP contribution in [0.25, 0.3) is 11.1 Å². The SMILES string of the molecule is CC(N)Oc1ccc(C(=C(c2ccccc2)c2ccccc2)c2ccccc2)cc1. The molecule has 0 bridgehead atoms. The minimum atomic E-state index is -0.343. The molecule has 0 saturated carbocycles. The van der Waals surface area contributed by atoms with E-state index in [9.17, 15) is 0 Å². The Kier molecular flexibility index (Phi) is 6.07. The Morgan fingerprint density at radius 1 is 0.533 bits per heavy atom. The first-order valence-corrected chi connectivity index (χ1v) is 10.2. The van der Waals surface area contributed by atoms with Crippen molar-refractivity contribution in [3.63, 3.8) is 0 Å². The van der Waals surface area contributed by atoms with E-state index in [1.54, 1.807) is 0 Å². The van der Waals surface area contributed by atoms with E-state index in [2.05, 4.69) is 97.1 Å². The van der Waals surface area contributed by atoms with Gasteiger partial charge in [-0.1, -0.05) is 103 Å². The lowest BCUT2D eigenvalue weighted by Gasteiger charge is -2.18. The van der Waals surface area contributed by atoms with E-state index >= 15 is 0 Å². The molecular formula is C28H25NO. The Morgan fingerprint density at radius 2 is 0.867 bits per heavy atom. The Hall–Kier alpha value is -3.62. The molecule has 0 saturated heterocycles. The molecule has 2 N–H and O–H groups in total. The largest absolute Gasteiger partial charge is 0.476 e. The summed E-state index contributed by atoms with van der Waals surface area (Å²) in [6.45, 7) is 1.83. The van der Waals surface area contributed by atoms with E-state index in [0.29, 0.717) is 0 Å². The van der Waals surface area contributed by atoms with Crippen LogP contribution in [-0.4, -0.2) is 6.23 Å². The minimum absolute atomic E-state index is 0.343. The van der Waals surface area contributed by atoms with Crippen LogP contribution in [0.2, 0.25) is 0 Å². The van der Waals surface area contributed by atoms with Gasteiger partial charge in [-0.2, -0.15) is 0 Å². The van der Waals surface area contributed by atoms with Crippen molar-refractivity contribution in [2.75, 3.05) is 0 Å². The maximum absolute atomic E-state index is 5.78. The maximum Gasteiger partial charge on any atom is 0.144 e. The van der Waals surface area contributed by atoms with Gasteiger partial charge < -0.3 is 4.74 Å². The van der Waals surface area contributed by atoms with Gasteiger partial charge in [0, 0.05) is 0 Å². The fraction of sp³-hybridized carbons (Fsp3) is 0.0714. The quantitative estimate of drug-likeness (QED) is 0.306. The molecule has 30 heavy (non-hydrogen) atoms. The van der Waals surface area contributed by atoms with E-state index in [1.165, 1.54) is 27.8 Å². The molecule has 0 fully saturated rings. The summed E-state index contributed by atoms with van der Waals surface area (Å²) in [6, 6.07) is 39.8. The van der Waals surface area contributed by atoms with Crippen LogP contribution in [0.4, 0.5) is 0 Å². The monoisotopic (exact) mass is 391 g/mol. The van der Waals surface area contributed by atoms with Crippen molar-refractivity contribution in [2.45, 2.75) is 13.2 Å². The number of benzene rings is 4. The molecule has 148 valence electrons. The average Bonchev–Trinajstić information content (AvgIpc) is 2.79. The molecule has 1 unspecified atom stereocenters. The van der Waals surface area contributed by atoms with Gasteiger partial charge in [0.25, 0.3) is 0 Å². The third kappa shape index (κ3) is 4.51. The molecule has 0 aliphatic carbocycles. The van der Waals surface area contributed by atoms with Gasteiger partial charge in [-0.25, -0.2) is 0 Å². The summed E-state index contributed by atoms with van der Waals surface area (Å²) in [5.74, 6) is 0.766. The summed E-state index contributed by atoms with van der Waals surface area (Å²) in [5, 5.41) is 0.